The van der Waals surface area contributed by atoms with Crippen molar-refractivity contribution in [3.63, 3.8) is 0 Å². The lowest BCUT2D eigenvalue weighted by atomic mass is 10.1. The minimum Gasteiger partial charge on any atom is -0.339 e. The van der Waals surface area contributed by atoms with Gasteiger partial charge in [-0.05, 0) is 49.6 Å². The van der Waals surface area contributed by atoms with E-state index in [2.05, 4.69) is 20.6 Å². The Balaban J connectivity index is 1.72. The van der Waals surface area contributed by atoms with Gasteiger partial charge < -0.3 is 10.6 Å². The van der Waals surface area contributed by atoms with Crippen LogP contribution in [0, 0.1) is 20.8 Å². The molecule has 3 aromatic rings. The van der Waals surface area contributed by atoms with Gasteiger partial charge in [0.2, 0.25) is 0 Å². The van der Waals surface area contributed by atoms with E-state index in [9.17, 15) is 4.79 Å². The van der Waals surface area contributed by atoms with Crippen molar-refractivity contribution in [2.24, 2.45) is 0 Å². The maximum absolute atomic E-state index is 12.4. The van der Waals surface area contributed by atoms with Gasteiger partial charge >= 0.3 is 0 Å². The number of aromatic nitrogens is 2. The molecule has 1 amide bonds. The minimum atomic E-state index is -0.271. The normalized spacial score (nSPS) is 10.4. The van der Waals surface area contributed by atoms with Gasteiger partial charge in [-0.1, -0.05) is 30.3 Å². The monoisotopic (exact) mass is 332 g/mol. The van der Waals surface area contributed by atoms with Crippen molar-refractivity contribution < 1.29 is 4.79 Å². The summed E-state index contributed by atoms with van der Waals surface area (Å²) in [6.07, 6.45) is 3.03. The molecule has 0 spiro atoms. The molecule has 0 saturated carbocycles. The van der Waals surface area contributed by atoms with Gasteiger partial charge in [-0.25, -0.2) is 9.97 Å². The van der Waals surface area contributed by atoms with Crippen molar-refractivity contribution >= 4 is 23.1 Å². The summed E-state index contributed by atoms with van der Waals surface area (Å²) in [6.45, 7) is 5.95. The molecular weight excluding hydrogens is 312 g/mol. The lowest BCUT2D eigenvalue weighted by Gasteiger charge is -2.11. The number of hydrogen-bond acceptors (Lipinski definition) is 4. The molecule has 0 aliphatic carbocycles. The molecule has 2 N–H and O–H groups in total. The van der Waals surface area contributed by atoms with Gasteiger partial charge in [-0.15, -0.1) is 0 Å². The van der Waals surface area contributed by atoms with E-state index >= 15 is 0 Å². The Labute approximate surface area is 147 Å². The fourth-order valence-electron chi connectivity index (χ4n) is 2.57. The van der Waals surface area contributed by atoms with E-state index in [1.807, 2.05) is 63.2 Å². The molecule has 0 unspecified atom stereocenters. The van der Waals surface area contributed by atoms with Crippen LogP contribution in [-0.2, 0) is 0 Å². The number of carbonyl (C=O) groups excluding carboxylic acids is 1. The molecule has 0 fully saturated rings. The number of nitrogens with zero attached hydrogens (tertiary/aromatic N) is 2. The summed E-state index contributed by atoms with van der Waals surface area (Å²) in [5.41, 5.74) is 5.20. The zero-order chi connectivity index (χ0) is 17.8. The number of aryl methyl sites for hydroxylation is 3. The highest BCUT2D eigenvalue weighted by Crippen LogP contribution is 2.20. The third-order valence-corrected chi connectivity index (χ3v) is 3.89. The summed E-state index contributed by atoms with van der Waals surface area (Å²) in [6, 6.07) is 13.9. The van der Waals surface area contributed by atoms with Gasteiger partial charge in [0, 0.05) is 11.4 Å². The number of carbonyl (C=O) groups is 1. The molecule has 126 valence electrons. The van der Waals surface area contributed by atoms with E-state index < -0.39 is 0 Å². The van der Waals surface area contributed by atoms with Gasteiger partial charge in [0.05, 0.1) is 12.4 Å². The number of anilines is 3. The van der Waals surface area contributed by atoms with Crippen LogP contribution in [0.2, 0.25) is 0 Å². The summed E-state index contributed by atoms with van der Waals surface area (Å²) in [7, 11) is 0. The molecule has 0 radical (unpaired) electrons. The van der Waals surface area contributed by atoms with Crippen LogP contribution in [0.4, 0.5) is 17.2 Å². The summed E-state index contributed by atoms with van der Waals surface area (Å²) in [5.74, 6) is 0.321. The van der Waals surface area contributed by atoms with Gasteiger partial charge in [0.1, 0.15) is 11.5 Å². The molecule has 0 bridgehead atoms. The third kappa shape index (κ3) is 4.01. The Bertz CT molecular complexity index is 884. The lowest BCUT2D eigenvalue weighted by molar-refractivity contribution is 0.102. The topological polar surface area (TPSA) is 66.9 Å². The second kappa shape index (κ2) is 7.13. The first-order valence-electron chi connectivity index (χ1n) is 8.06. The van der Waals surface area contributed by atoms with E-state index in [4.69, 9.17) is 0 Å². The van der Waals surface area contributed by atoms with E-state index in [1.54, 1.807) is 6.20 Å². The Morgan fingerprint density at radius 1 is 0.920 bits per heavy atom. The Kier molecular flexibility index (Phi) is 4.75. The smallest absolute Gasteiger partial charge is 0.275 e. The van der Waals surface area contributed by atoms with Crippen LogP contribution in [-0.4, -0.2) is 15.9 Å². The maximum Gasteiger partial charge on any atom is 0.275 e. The Morgan fingerprint density at radius 3 is 2.28 bits per heavy atom. The standard InChI is InChI=1S/C20H20N4O/c1-13-6-4-9-16(10-13)23-18-12-21-17(11-22-18)20(25)24-19-14(2)7-5-8-15(19)3/h4-12H,1-3H3,(H,22,23)(H,24,25). The predicted octanol–water partition coefficient (Wildman–Crippen LogP) is 4.40. The molecule has 2 aromatic carbocycles. The van der Waals surface area contributed by atoms with Crippen LogP contribution in [0.1, 0.15) is 27.2 Å². The van der Waals surface area contributed by atoms with Crippen LogP contribution in [0.15, 0.2) is 54.9 Å². The summed E-state index contributed by atoms with van der Waals surface area (Å²) < 4.78 is 0. The van der Waals surface area contributed by atoms with Crippen molar-refractivity contribution in [3.05, 3.63) is 77.2 Å². The second-order valence-electron chi connectivity index (χ2n) is 6.00. The zero-order valence-electron chi connectivity index (χ0n) is 14.5. The van der Waals surface area contributed by atoms with Crippen LogP contribution in [0.5, 0.6) is 0 Å². The molecule has 25 heavy (non-hydrogen) atoms. The number of benzene rings is 2. The van der Waals surface area contributed by atoms with E-state index in [0.717, 1.165) is 28.1 Å². The van der Waals surface area contributed by atoms with Crippen molar-refractivity contribution in [1.29, 1.82) is 0 Å². The quantitative estimate of drug-likeness (QED) is 0.743. The summed E-state index contributed by atoms with van der Waals surface area (Å²) in [4.78, 5) is 20.9. The highest BCUT2D eigenvalue weighted by molar-refractivity contribution is 6.03. The minimum absolute atomic E-state index is 0.271. The number of nitrogens with one attached hydrogen (secondary N) is 2. The molecule has 5 nitrogen and oxygen atoms in total. The fraction of sp³-hybridized carbons (Fsp3) is 0.150. The van der Waals surface area contributed by atoms with Gasteiger partial charge in [0.25, 0.3) is 5.91 Å². The fourth-order valence-corrected chi connectivity index (χ4v) is 2.57. The molecule has 1 aromatic heterocycles. The first kappa shape index (κ1) is 16.6. The zero-order valence-corrected chi connectivity index (χ0v) is 14.5. The van der Waals surface area contributed by atoms with Crippen LogP contribution in [0.3, 0.4) is 0 Å². The Morgan fingerprint density at radius 2 is 1.64 bits per heavy atom. The van der Waals surface area contributed by atoms with Gasteiger partial charge in [-0.3, -0.25) is 4.79 Å². The van der Waals surface area contributed by atoms with Gasteiger partial charge in [0.15, 0.2) is 0 Å². The SMILES string of the molecule is Cc1cccc(Nc2cnc(C(=O)Nc3c(C)cccc3C)cn2)c1. The van der Waals surface area contributed by atoms with Crippen molar-refractivity contribution in [2.75, 3.05) is 10.6 Å². The van der Waals surface area contributed by atoms with E-state index in [-0.39, 0.29) is 11.6 Å². The molecular formula is C20H20N4O. The molecule has 0 saturated heterocycles. The number of rotatable bonds is 4. The first-order chi connectivity index (χ1) is 12.0. The largest absolute Gasteiger partial charge is 0.339 e. The molecule has 0 aliphatic heterocycles. The summed E-state index contributed by atoms with van der Waals surface area (Å²) >= 11 is 0. The van der Waals surface area contributed by atoms with Crippen LogP contribution < -0.4 is 10.6 Å². The highest BCUT2D eigenvalue weighted by Gasteiger charge is 2.11. The number of amides is 1. The first-order valence-corrected chi connectivity index (χ1v) is 8.06. The molecule has 0 atom stereocenters. The number of hydrogen-bond donors (Lipinski definition) is 2. The van der Waals surface area contributed by atoms with Crippen molar-refractivity contribution in [2.45, 2.75) is 20.8 Å². The third-order valence-electron chi connectivity index (χ3n) is 3.89. The van der Waals surface area contributed by atoms with E-state index in [1.165, 1.54) is 6.20 Å². The average Bonchev–Trinajstić information content (AvgIpc) is 2.59. The van der Waals surface area contributed by atoms with Crippen LogP contribution >= 0.6 is 0 Å². The maximum atomic E-state index is 12.4. The highest BCUT2D eigenvalue weighted by atomic mass is 16.1. The summed E-state index contributed by atoms with van der Waals surface area (Å²) in [5, 5.41) is 6.08. The van der Waals surface area contributed by atoms with Crippen molar-refractivity contribution in [1.82, 2.24) is 9.97 Å². The molecule has 1 heterocycles. The number of para-hydroxylation sites is 1. The average molecular weight is 332 g/mol. The van der Waals surface area contributed by atoms with Crippen molar-refractivity contribution in [3.8, 4) is 0 Å². The predicted molar refractivity (Wildman–Crippen MR) is 100 cm³/mol. The van der Waals surface area contributed by atoms with Crippen LogP contribution in [0.25, 0.3) is 0 Å². The van der Waals surface area contributed by atoms with E-state index in [0.29, 0.717) is 5.82 Å². The molecule has 5 heteroatoms. The molecule has 0 aliphatic rings. The lowest BCUT2D eigenvalue weighted by Crippen LogP contribution is -2.15. The molecule has 3 rings (SSSR count). The second-order valence-corrected chi connectivity index (χ2v) is 6.00. The Hall–Kier alpha value is -3.21. The van der Waals surface area contributed by atoms with Gasteiger partial charge in [-0.2, -0.15) is 0 Å².